The average Bonchev–Trinajstić information content (AvgIpc) is 3.14. The zero-order valence-corrected chi connectivity index (χ0v) is 13.6. The number of benzene rings is 1. The van der Waals surface area contributed by atoms with Crippen molar-refractivity contribution < 1.29 is 27.2 Å². The maximum atomic E-state index is 12.0. The van der Waals surface area contributed by atoms with Crippen LogP contribution in [-0.4, -0.2) is 38.6 Å². The van der Waals surface area contributed by atoms with Gasteiger partial charge in [-0.3, -0.25) is 9.52 Å². The van der Waals surface area contributed by atoms with Crippen LogP contribution in [0.5, 0.6) is 11.5 Å². The van der Waals surface area contributed by atoms with Crippen molar-refractivity contribution in [1.82, 2.24) is 10.5 Å². The molecule has 0 aliphatic carbocycles. The van der Waals surface area contributed by atoms with Gasteiger partial charge in [-0.15, -0.1) is 0 Å². The van der Waals surface area contributed by atoms with E-state index < -0.39 is 15.9 Å². The van der Waals surface area contributed by atoms with Gasteiger partial charge >= 0.3 is 0 Å². The van der Waals surface area contributed by atoms with Gasteiger partial charge in [-0.05, 0) is 25.1 Å². The molecule has 0 spiro atoms. The molecule has 0 atom stereocenters. The van der Waals surface area contributed by atoms with Gasteiger partial charge < -0.3 is 19.3 Å². The molecule has 0 saturated heterocycles. The molecule has 2 heterocycles. The largest absolute Gasteiger partial charge is 0.454 e. The highest BCUT2D eigenvalue weighted by Gasteiger charge is 2.17. The fourth-order valence-electron chi connectivity index (χ4n) is 2.06. The van der Waals surface area contributed by atoms with Crippen molar-refractivity contribution >= 4 is 21.7 Å². The van der Waals surface area contributed by atoms with Crippen LogP contribution < -0.4 is 19.5 Å². The van der Waals surface area contributed by atoms with Crippen molar-refractivity contribution in [3.63, 3.8) is 0 Å². The SMILES string of the molecule is Cc1cc(NS(=O)(=O)CCNC(=O)c2ccc3c(c2)OCO3)no1. The first-order chi connectivity index (χ1) is 11.4. The number of carbonyl (C=O) groups is 1. The lowest BCUT2D eigenvalue weighted by molar-refractivity contribution is 0.0955. The van der Waals surface area contributed by atoms with Crippen molar-refractivity contribution in [2.24, 2.45) is 0 Å². The first kappa shape index (κ1) is 16.1. The van der Waals surface area contributed by atoms with Crippen LogP contribution >= 0.6 is 0 Å². The molecule has 128 valence electrons. The van der Waals surface area contributed by atoms with E-state index in [0.29, 0.717) is 22.8 Å². The summed E-state index contributed by atoms with van der Waals surface area (Å²) in [4.78, 5) is 12.0. The Kier molecular flexibility index (Phi) is 4.30. The minimum atomic E-state index is -3.64. The molecule has 2 N–H and O–H groups in total. The number of nitrogens with zero attached hydrogens (tertiary/aromatic N) is 1. The van der Waals surface area contributed by atoms with Crippen LogP contribution in [0, 0.1) is 6.92 Å². The summed E-state index contributed by atoms with van der Waals surface area (Å²) in [7, 11) is -3.64. The first-order valence-electron chi connectivity index (χ1n) is 7.05. The molecule has 10 heteroatoms. The van der Waals surface area contributed by atoms with Gasteiger partial charge in [0.25, 0.3) is 5.91 Å². The molecule has 1 aromatic heterocycles. The van der Waals surface area contributed by atoms with E-state index in [9.17, 15) is 13.2 Å². The molecule has 24 heavy (non-hydrogen) atoms. The van der Waals surface area contributed by atoms with E-state index in [2.05, 4.69) is 15.2 Å². The van der Waals surface area contributed by atoms with E-state index in [0.717, 1.165) is 0 Å². The lowest BCUT2D eigenvalue weighted by Gasteiger charge is -2.07. The molecule has 2 aromatic rings. The summed E-state index contributed by atoms with van der Waals surface area (Å²) in [5, 5.41) is 6.09. The molecule has 0 saturated carbocycles. The molecule has 1 amide bonds. The van der Waals surface area contributed by atoms with Crippen molar-refractivity contribution in [1.29, 1.82) is 0 Å². The van der Waals surface area contributed by atoms with Crippen molar-refractivity contribution in [3.8, 4) is 11.5 Å². The van der Waals surface area contributed by atoms with Crippen LogP contribution in [0.4, 0.5) is 5.82 Å². The Hall–Kier alpha value is -2.75. The Labute approximate surface area is 138 Å². The van der Waals surface area contributed by atoms with Gasteiger partial charge in [0.15, 0.2) is 17.3 Å². The van der Waals surface area contributed by atoms with Crippen LogP contribution in [0.2, 0.25) is 0 Å². The molecule has 0 unspecified atom stereocenters. The topological polar surface area (TPSA) is 120 Å². The van der Waals surface area contributed by atoms with E-state index in [1.807, 2.05) is 0 Å². The third-order valence-electron chi connectivity index (χ3n) is 3.18. The number of sulfonamides is 1. The molecule has 9 nitrogen and oxygen atoms in total. The third kappa shape index (κ3) is 3.77. The number of aryl methyl sites for hydroxylation is 1. The number of rotatable bonds is 6. The monoisotopic (exact) mass is 353 g/mol. The van der Waals surface area contributed by atoms with Crippen molar-refractivity contribution in [2.45, 2.75) is 6.92 Å². The smallest absolute Gasteiger partial charge is 0.251 e. The molecule has 0 fully saturated rings. The highest BCUT2D eigenvalue weighted by atomic mass is 32.2. The highest BCUT2D eigenvalue weighted by molar-refractivity contribution is 7.92. The average molecular weight is 353 g/mol. The van der Waals surface area contributed by atoms with Gasteiger partial charge in [-0.1, -0.05) is 5.16 Å². The molecule has 3 rings (SSSR count). The fourth-order valence-corrected chi connectivity index (χ4v) is 2.95. The maximum Gasteiger partial charge on any atom is 0.251 e. The van der Waals surface area contributed by atoms with Gasteiger partial charge in [0.2, 0.25) is 16.8 Å². The standard InChI is InChI=1S/C14H15N3O6S/c1-9-6-13(16-23-9)17-24(19,20)5-4-15-14(18)10-2-3-11-12(7-10)22-8-21-11/h2-3,6-7H,4-5,8H2,1H3,(H,15,18)(H,16,17). The van der Waals surface area contributed by atoms with Gasteiger partial charge in [-0.2, -0.15) is 0 Å². The minimum Gasteiger partial charge on any atom is -0.454 e. The summed E-state index contributed by atoms with van der Waals surface area (Å²) in [5.74, 6) is 0.952. The Morgan fingerprint density at radius 1 is 1.25 bits per heavy atom. The van der Waals surface area contributed by atoms with Crippen LogP contribution in [0.15, 0.2) is 28.8 Å². The summed E-state index contributed by atoms with van der Waals surface area (Å²) < 4.78 is 41.2. The zero-order valence-electron chi connectivity index (χ0n) is 12.7. The molecule has 1 aromatic carbocycles. The molecular weight excluding hydrogens is 338 g/mol. The lowest BCUT2D eigenvalue weighted by Crippen LogP contribution is -2.31. The van der Waals surface area contributed by atoms with E-state index in [1.54, 1.807) is 25.1 Å². The second-order valence-corrected chi connectivity index (χ2v) is 6.91. The molecule has 0 radical (unpaired) electrons. The number of ether oxygens (including phenoxy) is 2. The number of hydrogen-bond donors (Lipinski definition) is 2. The highest BCUT2D eigenvalue weighted by Crippen LogP contribution is 2.32. The predicted molar refractivity (Wildman–Crippen MR) is 83.5 cm³/mol. The second-order valence-electron chi connectivity index (χ2n) is 5.07. The van der Waals surface area contributed by atoms with E-state index in [-0.39, 0.29) is 24.9 Å². The fraction of sp³-hybridized carbons (Fsp3) is 0.286. The summed E-state index contributed by atoms with van der Waals surface area (Å²) in [6.45, 7) is 1.71. The van der Waals surface area contributed by atoms with Crippen LogP contribution in [0.25, 0.3) is 0 Å². The third-order valence-corrected chi connectivity index (χ3v) is 4.44. The summed E-state index contributed by atoms with van der Waals surface area (Å²) in [6.07, 6.45) is 0. The number of amides is 1. The normalized spacial score (nSPS) is 12.9. The summed E-state index contributed by atoms with van der Waals surface area (Å²) in [5.41, 5.74) is 0.358. The minimum absolute atomic E-state index is 0.0561. The Morgan fingerprint density at radius 2 is 2.04 bits per heavy atom. The van der Waals surface area contributed by atoms with Gasteiger partial charge in [0.1, 0.15) is 5.76 Å². The number of hydrogen-bond acceptors (Lipinski definition) is 7. The summed E-state index contributed by atoms with van der Waals surface area (Å²) in [6, 6.07) is 6.21. The van der Waals surface area contributed by atoms with Gasteiger partial charge in [0, 0.05) is 18.2 Å². The quantitative estimate of drug-likeness (QED) is 0.791. The second kappa shape index (κ2) is 6.40. The molecule has 0 bridgehead atoms. The number of anilines is 1. The number of fused-ring (bicyclic) bond motifs is 1. The summed E-state index contributed by atoms with van der Waals surface area (Å²) >= 11 is 0. The van der Waals surface area contributed by atoms with Crippen LogP contribution in [-0.2, 0) is 10.0 Å². The van der Waals surface area contributed by atoms with Crippen molar-refractivity contribution in [2.75, 3.05) is 23.8 Å². The van der Waals surface area contributed by atoms with E-state index >= 15 is 0 Å². The van der Waals surface area contributed by atoms with E-state index in [4.69, 9.17) is 14.0 Å². The first-order valence-corrected chi connectivity index (χ1v) is 8.70. The number of nitrogens with one attached hydrogen (secondary N) is 2. The predicted octanol–water partition coefficient (Wildman–Crippen LogP) is 0.883. The molecule has 1 aliphatic heterocycles. The van der Waals surface area contributed by atoms with Gasteiger partial charge in [-0.25, -0.2) is 8.42 Å². The Balaban J connectivity index is 1.53. The molecule has 1 aliphatic rings. The van der Waals surface area contributed by atoms with E-state index in [1.165, 1.54) is 6.07 Å². The zero-order chi connectivity index (χ0) is 17.2. The maximum absolute atomic E-state index is 12.0. The number of carbonyl (C=O) groups excluding carboxylic acids is 1. The molecular formula is C14H15N3O6S. The van der Waals surface area contributed by atoms with Crippen LogP contribution in [0.3, 0.4) is 0 Å². The number of aromatic nitrogens is 1. The Bertz CT molecular complexity index is 861. The Morgan fingerprint density at radius 3 is 2.79 bits per heavy atom. The van der Waals surface area contributed by atoms with Gasteiger partial charge in [0.05, 0.1) is 5.75 Å². The lowest BCUT2D eigenvalue weighted by atomic mass is 10.2. The van der Waals surface area contributed by atoms with Crippen LogP contribution in [0.1, 0.15) is 16.1 Å². The van der Waals surface area contributed by atoms with Crippen molar-refractivity contribution in [3.05, 3.63) is 35.6 Å².